The van der Waals surface area contributed by atoms with Gasteiger partial charge in [-0.15, -0.1) is 0 Å². The summed E-state index contributed by atoms with van der Waals surface area (Å²) in [6.45, 7) is 6.35. The van der Waals surface area contributed by atoms with Gasteiger partial charge in [-0.1, -0.05) is 33.6 Å². The Hall–Kier alpha value is -1.59. The Morgan fingerprint density at radius 3 is 2.75 bits per heavy atom. The molecule has 1 N–H and O–H groups in total. The van der Waals surface area contributed by atoms with Crippen LogP contribution in [0.2, 0.25) is 0 Å². The highest BCUT2D eigenvalue weighted by Gasteiger charge is 2.35. The molecule has 2 rings (SSSR count). The number of nitrogens with zero attached hydrogens (tertiary/aromatic N) is 3. The monoisotopic (exact) mass is 280 g/mol. The molecule has 1 heterocycles. The predicted molar refractivity (Wildman–Crippen MR) is 78.9 cm³/mol. The lowest BCUT2D eigenvalue weighted by atomic mass is 9.73. The van der Waals surface area contributed by atoms with Gasteiger partial charge in [-0.05, 0) is 24.7 Å². The molecule has 1 aromatic rings. The van der Waals surface area contributed by atoms with Crippen molar-refractivity contribution in [2.45, 2.75) is 58.9 Å². The quantitative estimate of drug-likeness (QED) is 0.678. The van der Waals surface area contributed by atoms with Gasteiger partial charge in [0.15, 0.2) is 0 Å². The topological polar surface area (TPSA) is 73.0 Å². The summed E-state index contributed by atoms with van der Waals surface area (Å²) in [6, 6.07) is 0.259. The molecule has 0 aromatic carbocycles. The van der Waals surface area contributed by atoms with Crippen molar-refractivity contribution in [3.63, 3.8) is 0 Å². The average Bonchev–Trinajstić information content (AvgIpc) is 2.68. The molecule has 0 saturated heterocycles. The smallest absolute Gasteiger partial charge is 0.333 e. The highest BCUT2D eigenvalue weighted by molar-refractivity contribution is 5.60. The van der Waals surface area contributed by atoms with E-state index in [1.54, 1.807) is 11.7 Å². The number of hydrogen-bond acceptors (Lipinski definition) is 4. The molecule has 112 valence electrons. The summed E-state index contributed by atoms with van der Waals surface area (Å²) in [6.07, 6.45) is 5.18. The minimum atomic E-state index is -0.315. The molecule has 1 aromatic heterocycles. The summed E-state index contributed by atoms with van der Waals surface area (Å²) in [5, 5.41) is 19.0. The van der Waals surface area contributed by atoms with E-state index in [9.17, 15) is 10.1 Å². The van der Waals surface area contributed by atoms with Crippen LogP contribution in [0, 0.1) is 15.5 Å². The number of aryl methyl sites for hydroxylation is 2. The van der Waals surface area contributed by atoms with Gasteiger partial charge < -0.3 is 5.32 Å². The van der Waals surface area contributed by atoms with Crippen molar-refractivity contribution in [2.75, 3.05) is 5.32 Å². The third-order valence-electron chi connectivity index (χ3n) is 4.43. The molecule has 1 aliphatic rings. The minimum absolute atomic E-state index is 0.136. The van der Waals surface area contributed by atoms with Gasteiger partial charge >= 0.3 is 5.69 Å². The Morgan fingerprint density at radius 2 is 2.20 bits per heavy atom. The molecule has 1 saturated carbocycles. The van der Waals surface area contributed by atoms with Crippen molar-refractivity contribution in [1.82, 2.24) is 9.78 Å². The summed E-state index contributed by atoms with van der Waals surface area (Å²) < 4.78 is 1.61. The lowest BCUT2D eigenvalue weighted by Gasteiger charge is -2.39. The van der Waals surface area contributed by atoms with Gasteiger partial charge in [0.25, 0.3) is 0 Å². The van der Waals surface area contributed by atoms with Crippen LogP contribution in [0.4, 0.5) is 11.5 Å². The molecule has 0 spiro atoms. The fourth-order valence-corrected chi connectivity index (χ4v) is 3.09. The van der Waals surface area contributed by atoms with Crippen molar-refractivity contribution in [3.05, 3.63) is 15.8 Å². The van der Waals surface area contributed by atoms with Crippen LogP contribution in [0.3, 0.4) is 0 Å². The number of nitrogens with one attached hydrogen (secondary N) is 1. The predicted octanol–water partition coefficient (Wildman–Crippen LogP) is 3.27. The van der Waals surface area contributed by atoms with Gasteiger partial charge in [-0.25, -0.2) is 4.68 Å². The first-order valence-electron chi connectivity index (χ1n) is 7.33. The van der Waals surface area contributed by atoms with E-state index < -0.39 is 0 Å². The van der Waals surface area contributed by atoms with E-state index in [0.29, 0.717) is 17.9 Å². The van der Waals surface area contributed by atoms with Gasteiger partial charge in [-0.2, -0.15) is 5.10 Å². The third-order valence-corrected chi connectivity index (χ3v) is 4.43. The van der Waals surface area contributed by atoms with E-state index >= 15 is 0 Å². The van der Waals surface area contributed by atoms with Crippen molar-refractivity contribution >= 4 is 11.5 Å². The first-order chi connectivity index (χ1) is 9.36. The van der Waals surface area contributed by atoms with E-state index in [-0.39, 0.29) is 22.1 Å². The van der Waals surface area contributed by atoms with Crippen LogP contribution in [0.1, 0.15) is 52.1 Å². The SMILES string of the molecule is CCc1nn(C)c(NC2CCCCC2(C)C)c1[N+](=O)[O-]. The molecule has 1 atom stereocenters. The molecular weight excluding hydrogens is 256 g/mol. The fraction of sp³-hybridized carbons (Fsp3) is 0.786. The first kappa shape index (κ1) is 14.8. The van der Waals surface area contributed by atoms with Crippen LogP contribution in [0.5, 0.6) is 0 Å². The third kappa shape index (κ3) is 2.64. The first-order valence-corrected chi connectivity index (χ1v) is 7.33. The van der Waals surface area contributed by atoms with Crippen LogP contribution in [-0.4, -0.2) is 20.7 Å². The number of hydrogen-bond donors (Lipinski definition) is 1. The second-order valence-electron chi connectivity index (χ2n) is 6.31. The minimum Gasteiger partial charge on any atom is -0.361 e. The lowest BCUT2D eigenvalue weighted by molar-refractivity contribution is -0.384. The molecule has 0 amide bonds. The molecule has 0 radical (unpaired) electrons. The Bertz CT molecular complexity index is 508. The molecule has 1 aliphatic carbocycles. The molecule has 6 heteroatoms. The molecule has 1 unspecified atom stereocenters. The Kier molecular flexibility index (Phi) is 4.01. The van der Waals surface area contributed by atoms with E-state index in [2.05, 4.69) is 24.3 Å². The Morgan fingerprint density at radius 1 is 1.50 bits per heavy atom. The summed E-state index contributed by atoms with van der Waals surface area (Å²) in [4.78, 5) is 11.0. The summed E-state index contributed by atoms with van der Waals surface area (Å²) in [5.41, 5.74) is 0.841. The normalized spacial score (nSPS) is 21.7. The zero-order chi connectivity index (χ0) is 14.9. The zero-order valence-corrected chi connectivity index (χ0v) is 12.8. The summed E-state index contributed by atoms with van der Waals surface area (Å²) in [7, 11) is 1.77. The van der Waals surface area contributed by atoms with Gasteiger partial charge in [0.1, 0.15) is 5.69 Å². The van der Waals surface area contributed by atoms with E-state index in [4.69, 9.17) is 0 Å². The van der Waals surface area contributed by atoms with E-state index in [1.165, 1.54) is 12.8 Å². The maximum Gasteiger partial charge on any atom is 0.333 e. The second-order valence-corrected chi connectivity index (χ2v) is 6.31. The van der Waals surface area contributed by atoms with E-state index in [1.807, 2.05) is 6.92 Å². The van der Waals surface area contributed by atoms with Crippen LogP contribution < -0.4 is 5.32 Å². The van der Waals surface area contributed by atoms with Crippen LogP contribution in [0.15, 0.2) is 0 Å². The molecular formula is C14H24N4O2. The molecule has 0 aliphatic heterocycles. The van der Waals surface area contributed by atoms with Crippen molar-refractivity contribution in [2.24, 2.45) is 12.5 Å². The lowest BCUT2D eigenvalue weighted by Crippen LogP contribution is -2.39. The highest BCUT2D eigenvalue weighted by atomic mass is 16.6. The number of aromatic nitrogens is 2. The highest BCUT2D eigenvalue weighted by Crippen LogP contribution is 2.39. The zero-order valence-electron chi connectivity index (χ0n) is 12.8. The maximum atomic E-state index is 11.3. The standard InChI is InChI=1S/C14H24N4O2/c1-5-10-12(18(19)20)13(17(4)16-10)15-11-8-6-7-9-14(11,2)3/h11,15H,5-9H2,1-4H3. The summed E-state index contributed by atoms with van der Waals surface area (Å²) in [5.74, 6) is 0.548. The average molecular weight is 280 g/mol. The molecule has 6 nitrogen and oxygen atoms in total. The van der Waals surface area contributed by atoms with Gasteiger partial charge in [-0.3, -0.25) is 10.1 Å². The van der Waals surface area contributed by atoms with Gasteiger partial charge in [0.05, 0.1) is 4.92 Å². The Labute approximate surface area is 119 Å². The second kappa shape index (κ2) is 5.42. The van der Waals surface area contributed by atoms with Crippen LogP contribution in [0.25, 0.3) is 0 Å². The van der Waals surface area contributed by atoms with Crippen molar-refractivity contribution < 1.29 is 4.92 Å². The Balaban J connectivity index is 2.33. The fourth-order valence-electron chi connectivity index (χ4n) is 3.09. The summed E-state index contributed by atoms with van der Waals surface area (Å²) >= 11 is 0. The number of anilines is 1. The molecule has 1 fully saturated rings. The van der Waals surface area contributed by atoms with Gasteiger partial charge in [0.2, 0.25) is 5.82 Å². The van der Waals surface area contributed by atoms with E-state index in [0.717, 1.165) is 12.8 Å². The van der Waals surface area contributed by atoms with Crippen molar-refractivity contribution in [1.29, 1.82) is 0 Å². The maximum absolute atomic E-state index is 11.3. The number of rotatable bonds is 4. The number of nitro groups is 1. The molecule has 0 bridgehead atoms. The van der Waals surface area contributed by atoms with Gasteiger partial charge in [0, 0.05) is 13.1 Å². The largest absolute Gasteiger partial charge is 0.361 e. The van der Waals surface area contributed by atoms with Crippen molar-refractivity contribution in [3.8, 4) is 0 Å². The van der Waals surface area contributed by atoms with Crippen LogP contribution >= 0.6 is 0 Å². The molecule has 20 heavy (non-hydrogen) atoms. The van der Waals surface area contributed by atoms with Crippen LogP contribution in [-0.2, 0) is 13.5 Å².